The topological polar surface area (TPSA) is 77.3 Å². The van der Waals surface area contributed by atoms with Gasteiger partial charge in [-0.15, -0.1) is 0 Å². The van der Waals surface area contributed by atoms with Crippen LogP contribution < -0.4 is 10.1 Å². The van der Waals surface area contributed by atoms with Gasteiger partial charge in [0.15, 0.2) is 5.13 Å². The van der Waals surface area contributed by atoms with Gasteiger partial charge >= 0.3 is 0 Å². The maximum absolute atomic E-state index is 10.9. The number of anilines is 1. The van der Waals surface area contributed by atoms with Crippen LogP contribution in [0.1, 0.15) is 17.4 Å². The molecular formula is C13H15N3O3S. The van der Waals surface area contributed by atoms with Crippen LogP contribution in [0.25, 0.3) is 0 Å². The summed E-state index contributed by atoms with van der Waals surface area (Å²) in [6.45, 7) is 4.86. The van der Waals surface area contributed by atoms with Gasteiger partial charge in [0.05, 0.1) is 15.4 Å². The summed E-state index contributed by atoms with van der Waals surface area (Å²) in [5, 5.41) is 14.8. The fourth-order valence-electron chi connectivity index (χ4n) is 1.71. The van der Waals surface area contributed by atoms with Gasteiger partial charge in [0.1, 0.15) is 12.4 Å². The minimum atomic E-state index is -0.405. The molecular weight excluding hydrogens is 278 g/mol. The molecule has 1 aromatic heterocycles. The van der Waals surface area contributed by atoms with Gasteiger partial charge in [-0.1, -0.05) is 17.4 Å². The largest absolute Gasteiger partial charge is 0.487 e. The molecule has 1 heterocycles. The van der Waals surface area contributed by atoms with Gasteiger partial charge in [-0.3, -0.25) is 10.1 Å². The average molecular weight is 293 g/mol. The van der Waals surface area contributed by atoms with E-state index in [1.54, 1.807) is 25.3 Å². The van der Waals surface area contributed by atoms with Crippen molar-refractivity contribution in [1.82, 2.24) is 4.98 Å². The Bertz CT molecular complexity index is 613. The van der Waals surface area contributed by atoms with Crippen molar-refractivity contribution in [2.24, 2.45) is 0 Å². The molecule has 2 rings (SSSR count). The molecule has 0 spiro atoms. The van der Waals surface area contributed by atoms with Crippen molar-refractivity contribution >= 4 is 22.2 Å². The fraction of sp³-hybridized carbons (Fsp3) is 0.308. The number of hydrogen-bond donors (Lipinski definition) is 1. The predicted molar refractivity (Wildman–Crippen MR) is 78.4 cm³/mol. The molecule has 0 radical (unpaired) electrons. The number of nitro benzene ring substituents is 1. The molecule has 1 aromatic carbocycles. The third-order valence-corrected chi connectivity index (χ3v) is 3.63. The SMILES string of the molecule is CCNc1ncc(COc2cccc([N+](=O)[O-])c2C)s1. The first-order chi connectivity index (χ1) is 9.61. The van der Waals surface area contributed by atoms with Crippen molar-refractivity contribution in [3.8, 4) is 5.75 Å². The van der Waals surface area contributed by atoms with E-state index in [1.165, 1.54) is 17.4 Å². The van der Waals surface area contributed by atoms with Crippen molar-refractivity contribution in [3.63, 3.8) is 0 Å². The predicted octanol–water partition coefficient (Wildman–Crippen LogP) is 3.37. The van der Waals surface area contributed by atoms with Crippen LogP contribution in [0.4, 0.5) is 10.8 Å². The molecule has 6 nitrogen and oxygen atoms in total. The highest BCUT2D eigenvalue weighted by atomic mass is 32.1. The first-order valence-electron chi connectivity index (χ1n) is 6.17. The Labute approximate surface area is 120 Å². The molecule has 0 atom stereocenters. The molecule has 0 fully saturated rings. The summed E-state index contributed by atoms with van der Waals surface area (Å²) in [7, 11) is 0. The molecule has 0 amide bonds. The zero-order valence-corrected chi connectivity index (χ0v) is 12.1. The van der Waals surface area contributed by atoms with Crippen LogP contribution in [0.5, 0.6) is 5.75 Å². The number of aromatic nitrogens is 1. The second-order valence-corrected chi connectivity index (χ2v) is 5.22. The van der Waals surface area contributed by atoms with Crippen molar-refractivity contribution in [1.29, 1.82) is 0 Å². The summed E-state index contributed by atoms with van der Waals surface area (Å²) in [5.74, 6) is 0.526. The van der Waals surface area contributed by atoms with Crippen LogP contribution in [0.3, 0.4) is 0 Å². The molecule has 0 saturated carbocycles. The zero-order valence-electron chi connectivity index (χ0n) is 11.3. The smallest absolute Gasteiger partial charge is 0.276 e. The summed E-state index contributed by atoms with van der Waals surface area (Å²) < 4.78 is 5.64. The van der Waals surface area contributed by atoms with Gasteiger partial charge in [0.25, 0.3) is 5.69 Å². The van der Waals surface area contributed by atoms with Crippen LogP contribution in [0, 0.1) is 17.0 Å². The second kappa shape index (κ2) is 6.33. The third kappa shape index (κ3) is 3.24. The van der Waals surface area contributed by atoms with Gasteiger partial charge in [0.2, 0.25) is 0 Å². The number of benzene rings is 1. The maximum atomic E-state index is 10.9. The number of nitrogens with zero attached hydrogens (tertiary/aromatic N) is 2. The molecule has 7 heteroatoms. The Morgan fingerprint density at radius 3 is 3.00 bits per heavy atom. The lowest BCUT2D eigenvalue weighted by atomic mass is 10.2. The van der Waals surface area contributed by atoms with Crippen molar-refractivity contribution < 1.29 is 9.66 Å². The van der Waals surface area contributed by atoms with Crippen LogP contribution in [-0.4, -0.2) is 16.5 Å². The van der Waals surface area contributed by atoms with Crippen LogP contribution >= 0.6 is 11.3 Å². The highest BCUT2D eigenvalue weighted by Crippen LogP contribution is 2.28. The Balaban J connectivity index is 2.06. The van der Waals surface area contributed by atoms with Crippen molar-refractivity contribution in [2.75, 3.05) is 11.9 Å². The van der Waals surface area contributed by atoms with Crippen molar-refractivity contribution in [3.05, 3.63) is 45.0 Å². The number of ether oxygens (including phenoxy) is 1. The molecule has 20 heavy (non-hydrogen) atoms. The van der Waals surface area contributed by atoms with Crippen molar-refractivity contribution in [2.45, 2.75) is 20.5 Å². The molecule has 0 saturated heterocycles. The minimum absolute atomic E-state index is 0.0696. The summed E-state index contributed by atoms with van der Waals surface area (Å²) in [6.07, 6.45) is 1.75. The highest BCUT2D eigenvalue weighted by molar-refractivity contribution is 7.15. The van der Waals surface area contributed by atoms with E-state index in [0.717, 1.165) is 16.6 Å². The van der Waals surface area contributed by atoms with E-state index in [0.29, 0.717) is 17.9 Å². The maximum Gasteiger partial charge on any atom is 0.276 e. The molecule has 2 aromatic rings. The van der Waals surface area contributed by atoms with Gasteiger partial charge in [-0.2, -0.15) is 0 Å². The lowest BCUT2D eigenvalue weighted by molar-refractivity contribution is -0.385. The summed E-state index contributed by atoms with van der Waals surface area (Å²) in [6, 6.07) is 4.82. The zero-order chi connectivity index (χ0) is 14.5. The molecule has 1 N–H and O–H groups in total. The fourth-order valence-corrected chi connectivity index (χ4v) is 2.51. The average Bonchev–Trinajstić information content (AvgIpc) is 2.85. The Morgan fingerprint density at radius 1 is 1.50 bits per heavy atom. The lowest BCUT2D eigenvalue weighted by Gasteiger charge is -2.07. The quantitative estimate of drug-likeness (QED) is 0.652. The normalized spacial score (nSPS) is 10.3. The van der Waals surface area contributed by atoms with Gasteiger partial charge in [-0.25, -0.2) is 4.98 Å². The highest BCUT2D eigenvalue weighted by Gasteiger charge is 2.14. The molecule has 0 aliphatic rings. The number of nitro groups is 1. The van der Waals surface area contributed by atoms with Crippen LogP contribution in [0.15, 0.2) is 24.4 Å². The van der Waals surface area contributed by atoms with E-state index in [9.17, 15) is 10.1 Å². The molecule has 0 aliphatic carbocycles. The monoisotopic (exact) mass is 293 g/mol. The molecule has 0 unspecified atom stereocenters. The summed E-state index contributed by atoms with van der Waals surface area (Å²) in [5.41, 5.74) is 0.606. The third-order valence-electron chi connectivity index (χ3n) is 2.70. The Morgan fingerprint density at radius 2 is 2.30 bits per heavy atom. The minimum Gasteiger partial charge on any atom is -0.487 e. The summed E-state index contributed by atoms with van der Waals surface area (Å²) >= 11 is 1.51. The first kappa shape index (κ1) is 14.3. The Kier molecular flexibility index (Phi) is 4.52. The summed E-state index contributed by atoms with van der Waals surface area (Å²) in [4.78, 5) is 15.6. The molecule has 0 aliphatic heterocycles. The van der Waals surface area contributed by atoms with E-state index >= 15 is 0 Å². The lowest BCUT2D eigenvalue weighted by Crippen LogP contribution is -1.98. The molecule has 0 bridgehead atoms. The first-order valence-corrected chi connectivity index (χ1v) is 6.99. The van der Waals surface area contributed by atoms with Gasteiger partial charge in [-0.05, 0) is 19.9 Å². The second-order valence-electron chi connectivity index (χ2n) is 4.11. The number of rotatable bonds is 6. The van der Waals surface area contributed by atoms with Gasteiger partial charge in [0, 0.05) is 18.8 Å². The van der Waals surface area contributed by atoms with Gasteiger partial charge < -0.3 is 10.1 Å². The number of nitrogens with one attached hydrogen (secondary N) is 1. The number of thiazole rings is 1. The van der Waals surface area contributed by atoms with E-state index in [2.05, 4.69) is 10.3 Å². The van der Waals surface area contributed by atoms with E-state index in [1.807, 2.05) is 6.92 Å². The van der Waals surface area contributed by atoms with E-state index in [-0.39, 0.29) is 5.69 Å². The van der Waals surface area contributed by atoms with Crippen LogP contribution in [-0.2, 0) is 6.61 Å². The Hall–Kier alpha value is -2.15. The molecule has 106 valence electrons. The number of hydrogen-bond acceptors (Lipinski definition) is 6. The van der Waals surface area contributed by atoms with E-state index in [4.69, 9.17) is 4.74 Å². The standard InChI is InChI=1S/C13H15N3O3S/c1-3-14-13-15-7-10(20-13)8-19-12-6-4-5-11(9(12)2)16(17)18/h4-7H,3,8H2,1-2H3,(H,14,15). The van der Waals surface area contributed by atoms with Crippen LogP contribution in [0.2, 0.25) is 0 Å². The van der Waals surface area contributed by atoms with E-state index < -0.39 is 4.92 Å².